The van der Waals surface area contributed by atoms with E-state index in [0.29, 0.717) is 33.8 Å². The number of benzene rings is 2. The Bertz CT molecular complexity index is 764. The molecule has 21 heavy (non-hydrogen) atoms. The zero-order valence-electron chi connectivity index (χ0n) is 10.8. The molecule has 0 fully saturated rings. The first-order chi connectivity index (χ1) is 9.97. The number of nitrogen functional groups attached to an aromatic ring is 1. The highest BCUT2D eigenvalue weighted by molar-refractivity contribution is 9.10. The number of nitrogens with two attached hydrogens (primary N) is 1. The Kier molecular flexibility index (Phi) is 3.63. The third-order valence-electron chi connectivity index (χ3n) is 3.32. The molecule has 2 aromatic rings. The van der Waals surface area contributed by atoms with Gasteiger partial charge in [0.2, 0.25) is 0 Å². The lowest BCUT2D eigenvalue weighted by molar-refractivity contribution is 0.103. The maximum atomic E-state index is 13.4. The molecule has 0 amide bonds. The van der Waals surface area contributed by atoms with Crippen molar-refractivity contribution in [3.8, 4) is 5.75 Å². The van der Waals surface area contributed by atoms with Crippen LogP contribution in [-0.2, 0) is 6.42 Å². The molecule has 108 valence electrons. The molecule has 0 bridgehead atoms. The lowest BCUT2D eigenvalue weighted by Crippen LogP contribution is -2.06. The van der Waals surface area contributed by atoms with Gasteiger partial charge in [0.05, 0.1) is 17.9 Å². The van der Waals surface area contributed by atoms with Crippen molar-refractivity contribution in [2.24, 2.45) is 0 Å². The fraction of sp³-hybridized carbons (Fsp3) is 0.133. The summed E-state index contributed by atoms with van der Waals surface area (Å²) >= 11 is 9.24. The number of rotatable bonds is 2. The first-order valence-electron chi connectivity index (χ1n) is 6.22. The summed E-state index contributed by atoms with van der Waals surface area (Å²) in [7, 11) is 0. The minimum Gasteiger partial charge on any atom is -0.492 e. The van der Waals surface area contributed by atoms with Crippen molar-refractivity contribution in [3.05, 3.63) is 56.3 Å². The number of carbonyl (C=O) groups excluding carboxylic acids is 1. The number of carbonyl (C=O) groups is 1. The Morgan fingerprint density at radius 3 is 2.81 bits per heavy atom. The van der Waals surface area contributed by atoms with Crippen LogP contribution in [0.3, 0.4) is 0 Å². The van der Waals surface area contributed by atoms with E-state index in [-0.39, 0.29) is 17.0 Å². The third-order valence-corrected chi connectivity index (χ3v) is 4.20. The van der Waals surface area contributed by atoms with Gasteiger partial charge in [0.25, 0.3) is 0 Å². The van der Waals surface area contributed by atoms with Crippen molar-refractivity contribution >= 4 is 39.0 Å². The summed E-state index contributed by atoms with van der Waals surface area (Å²) in [6.45, 7) is 0.517. The van der Waals surface area contributed by atoms with Crippen LogP contribution in [0.1, 0.15) is 21.5 Å². The van der Waals surface area contributed by atoms with Gasteiger partial charge in [0.15, 0.2) is 5.78 Å². The largest absolute Gasteiger partial charge is 0.492 e. The van der Waals surface area contributed by atoms with Crippen LogP contribution in [0.4, 0.5) is 10.1 Å². The number of anilines is 1. The van der Waals surface area contributed by atoms with Gasteiger partial charge in [-0.1, -0.05) is 11.6 Å². The van der Waals surface area contributed by atoms with Crippen LogP contribution in [0.5, 0.6) is 5.75 Å². The molecule has 0 aliphatic carbocycles. The maximum Gasteiger partial charge on any atom is 0.198 e. The van der Waals surface area contributed by atoms with Crippen molar-refractivity contribution in [1.29, 1.82) is 0 Å². The highest BCUT2D eigenvalue weighted by Gasteiger charge is 2.24. The molecule has 0 atom stereocenters. The Morgan fingerprint density at radius 1 is 1.29 bits per heavy atom. The Labute approximate surface area is 134 Å². The van der Waals surface area contributed by atoms with Gasteiger partial charge in [-0.3, -0.25) is 4.79 Å². The summed E-state index contributed by atoms with van der Waals surface area (Å²) in [6.07, 6.45) is 0.711. The number of ketones is 1. The van der Waals surface area contributed by atoms with Gasteiger partial charge in [0, 0.05) is 21.5 Å². The van der Waals surface area contributed by atoms with E-state index >= 15 is 0 Å². The van der Waals surface area contributed by atoms with E-state index in [2.05, 4.69) is 15.9 Å². The van der Waals surface area contributed by atoms with Crippen LogP contribution >= 0.6 is 27.5 Å². The SMILES string of the molecule is Nc1cc(C(=O)c2cc(Cl)cc3c2OCC3)c(Br)cc1F. The van der Waals surface area contributed by atoms with Gasteiger partial charge in [-0.15, -0.1) is 0 Å². The molecule has 0 radical (unpaired) electrons. The zero-order valence-corrected chi connectivity index (χ0v) is 13.1. The molecule has 0 saturated heterocycles. The first kappa shape index (κ1) is 14.4. The number of halogens is 3. The molecule has 0 unspecified atom stereocenters. The van der Waals surface area contributed by atoms with E-state index in [1.165, 1.54) is 12.1 Å². The second-order valence-electron chi connectivity index (χ2n) is 4.72. The third kappa shape index (κ3) is 2.51. The van der Waals surface area contributed by atoms with Crippen molar-refractivity contribution in [2.75, 3.05) is 12.3 Å². The summed E-state index contributed by atoms with van der Waals surface area (Å²) in [5.74, 6) is -0.348. The molecule has 0 spiro atoms. The Hall–Kier alpha value is -1.59. The topological polar surface area (TPSA) is 52.3 Å². The van der Waals surface area contributed by atoms with Crippen LogP contribution in [0.15, 0.2) is 28.7 Å². The summed E-state index contributed by atoms with van der Waals surface area (Å²) in [6, 6.07) is 5.83. The standard InChI is InChI=1S/C15H10BrClFNO2/c16-11-6-12(18)13(19)5-9(11)14(20)10-4-8(17)3-7-1-2-21-15(7)10/h3-6H,1-2,19H2. The van der Waals surface area contributed by atoms with Gasteiger partial charge in [-0.05, 0) is 45.8 Å². The van der Waals surface area contributed by atoms with Gasteiger partial charge in [-0.2, -0.15) is 0 Å². The first-order valence-corrected chi connectivity index (χ1v) is 7.39. The fourth-order valence-corrected chi connectivity index (χ4v) is 3.06. The van der Waals surface area contributed by atoms with E-state index in [1.54, 1.807) is 12.1 Å². The van der Waals surface area contributed by atoms with Gasteiger partial charge in [0.1, 0.15) is 11.6 Å². The molecule has 1 heterocycles. The minimum absolute atomic E-state index is 0.0823. The van der Waals surface area contributed by atoms with Crippen LogP contribution < -0.4 is 10.5 Å². The molecule has 1 aliphatic heterocycles. The monoisotopic (exact) mass is 369 g/mol. The molecular weight excluding hydrogens is 361 g/mol. The highest BCUT2D eigenvalue weighted by Crippen LogP contribution is 2.35. The number of fused-ring (bicyclic) bond motifs is 1. The van der Waals surface area contributed by atoms with E-state index in [0.717, 1.165) is 5.56 Å². The summed E-state index contributed by atoms with van der Waals surface area (Å²) in [5.41, 5.74) is 7.00. The maximum absolute atomic E-state index is 13.4. The van der Waals surface area contributed by atoms with Gasteiger partial charge >= 0.3 is 0 Å². The molecule has 1 aliphatic rings. The number of hydrogen-bond donors (Lipinski definition) is 1. The second-order valence-corrected chi connectivity index (χ2v) is 6.01. The van der Waals surface area contributed by atoms with Crippen LogP contribution in [0.25, 0.3) is 0 Å². The average Bonchev–Trinajstić information content (AvgIpc) is 2.89. The van der Waals surface area contributed by atoms with Crippen molar-refractivity contribution < 1.29 is 13.9 Å². The van der Waals surface area contributed by atoms with Crippen LogP contribution in [-0.4, -0.2) is 12.4 Å². The lowest BCUT2D eigenvalue weighted by Gasteiger charge is -2.10. The van der Waals surface area contributed by atoms with Gasteiger partial charge in [-0.25, -0.2) is 4.39 Å². The van der Waals surface area contributed by atoms with Crippen molar-refractivity contribution in [1.82, 2.24) is 0 Å². The lowest BCUT2D eigenvalue weighted by atomic mass is 9.99. The number of hydrogen-bond acceptors (Lipinski definition) is 3. The van der Waals surface area contributed by atoms with Crippen LogP contribution in [0.2, 0.25) is 5.02 Å². The van der Waals surface area contributed by atoms with Crippen LogP contribution in [0, 0.1) is 5.82 Å². The van der Waals surface area contributed by atoms with E-state index in [1.807, 2.05) is 0 Å². The molecule has 3 nitrogen and oxygen atoms in total. The quantitative estimate of drug-likeness (QED) is 0.642. The average molecular weight is 371 g/mol. The molecule has 6 heteroatoms. The molecule has 3 rings (SSSR count). The molecule has 0 aromatic heterocycles. The van der Waals surface area contributed by atoms with E-state index in [4.69, 9.17) is 22.1 Å². The predicted octanol–water partition coefficient (Wildman–Crippen LogP) is 3.99. The van der Waals surface area contributed by atoms with Crippen molar-refractivity contribution in [2.45, 2.75) is 6.42 Å². The Balaban J connectivity index is 2.14. The van der Waals surface area contributed by atoms with Gasteiger partial charge < -0.3 is 10.5 Å². The summed E-state index contributed by atoms with van der Waals surface area (Å²) in [5, 5.41) is 0.466. The predicted molar refractivity (Wildman–Crippen MR) is 82.6 cm³/mol. The normalized spacial score (nSPS) is 12.9. The van der Waals surface area contributed by atoms with E-state index in [9.17, 15) is 9.18 Å². The summed E-state index contributed by atoms with van der Waals surface area (Å²) < 4.78 is 19.3. The highest BCUT2D eigenvalue weighted by atomic mass is 79.9. The summed E-state index contributed by atoms with van der Waals surface area (Å²) in [4.78, 5) is 12.7. The smallest absolute Gasteiger partial charge is 0.198 e. The fourth-order valence-electron chi connectivity index (χ4n) is 2.32. The molecule has 0 saturated carbocycles. The van der Waals surface area contributed by atoms with E-state index < -0.39 is 5.82 Å². The van der Waals surface area contributed by atoms with Crippen molar-refractivity contribution in [3.63, 3.8) is 0 Å². The Morgan fingerprint density at radius 2 is 2.05 bits per heavy atom. The number of ether oxygens (including phenoxy) is 1. The zero-order chi connectivity index (χ0) is 15.1. The molecular formula is C15H10BrClFNO2. The molecule has 2 N–H and O–H groups in total. The minimum atomic E-state index is -0.578. The molecule has 2 aromatic carbocycles. The second kappa shape index (κ2) is 5.31.